The summed E-state index contributed by atoms with van der Waals surface area (Å²) in [5.41, 5.74) is 0. The van der Waals surface area contributed by atoms with Gasteiger partial charge in [0.2, 0.25) is 5.91 Å². The lowest BCUT2D eigenvalue weighted by Crippen LogP contribution is -2.57. The van der Waals surface area contributed by atoms with E-state index in [1.54, 1.807) is 6.92 Å². The molecule has 1 unspecified atom stereocenters. The maximum Gasteiger partial charge on any atom is 0.326 e. The summed E-state index contributed by atoms with van der Waals surface area (Å²) in [7, 11) is 0. The van der Waals surface area contributed by atoms with E-state index in [4.69, 9.17) is 5.11 Å². The number of hydrogen-bond acceptors (Lipinski definition) is 4. The minimum absolute atomic E-state index is 0.275. The molecule has 118 valence electrons. The average molecular weight is 299 g/mol. The number of hydrogen-bond donors (Lipinski definition) is 2. The van der Waals surface area contributed by atoms with Gasteiger partial charge in [0.05, 0.1) is 0 Å². The van der Waals surface area contributed by atoms with E-state index in [1.165, 1.54) is 4.90 Å². The van der Waals surface area contributed by atoms with E-state index >= 15 is 0 Å². The van der Waals surface area contributed by atoms with Gasteiger partial charge in [-0.15, -0.1) is 0 Å². The van der Waals surface area contributed by atoms with E-state index in [9.17, 15) is 19.2 Å². The Balaban J connectivity index is 2.57. The Bertz CT molecular complexity index is 438. The van der Waals surface area contributed by atoms with Crippen molar-refractivity contribution in [3.63, 3.8) is 0 Å². The molecule has 1 aliphatic rings. The van der Waals surface area contributed by atoms with Crippen molar-refractivity contribution in [3.8, 4) is 0 Å². The van der Waals surface area contributed by atoms with Gasteiger partial charge in [0.15, 0.2) is 0 Å². The monoisotopic (exact) mass is 299 g/mol. The zero-order chi connectivity index (χ0) is 16.0. The summed E-state index contributed by atoms with van der Waals surface area (Å²) < 4.78 is 0. The first kappa shape index (κ1) is 16.9. The second-order valence-electron chi connectivity index (χ2n) is 4.86. The Morgan fingerprint density at radius 3 is 2.29 bits per heavy atom. The lowest BCUT2D eigenvalue weighted by Gasteiger charge is -2.32. The predicted molar refractivity (Wildman–Crippen MR) is 73.3 cm³/mol. The molecule has 1 rings (SSSR count). The van der Waals surface area contributed by atoms with Gasteiger partial charge in [-0.2, -0.15) is 0 Å². The maximum absolute atomic E-state index is 11.8. The summed E-state index contributed by atoms with van der Waals surface area (Å²) in [5.74, 6) is -3.02. The van der Waals surface area contributed by atoms with Crippen LogP contribution < -0.4 is 5.32 Å². The van der Waals surface area contributed by atoms with Crippen LogP contribution in [0, 0.1) is 0 Å². The van der Waals surface area contributed by atoms with Gasteiger partial charge in [-0.1, -0.05) is 13.3 Å². The topological polar surface area (TPSA) is 107 Å². The SMILES string of the molecule is CCCC(NC(=O)CN1CCN(CC)C(=O)C1=O)C(=O)O. The number of carbonyl (C=O) groups is 4. The number of amides is 3. The Morgan fingerprint density at radius 1 is 1.19 bits per heavy atom. The van der Waals surface area contributed by atoms with Crippen LogP contribution in [-0.4, -0.2) is 70.8 Å². The highest BCUT2D eigenvalue weighted by atomic mass is 16.4. The normalized spacial score (nSPS) is 16.9. The van der Waals surface area contributed by atoms with Crippen LogP contribution in [0.25, 0.3) is 0 Å². The van der Waals surface area contributed by atoms with Crippen molar-refractivity contribution in [2.75, 3.05) is 26.2 Å². The minimum Gasteiger partial charge on any atom is -0.480 e. The Labute approximate surface area is 123 Å². The standard InChI is InChI=1S/C13H21N3O5/c1-3-5-9(13(20)21)14-10(17)8-16-7-6-15(4-2)11(18)12(16)19/h9H,3-8H2,1-2H3,(H,14,17)(H,20,21). The third-order valence-electron chi connectivity index (χ3n) is 3.32. The second-order valence-corrected chi connectivity index (χ2v) is 4.86. The van der Waals surface area contributed by atoms with Gasteiger partial charge in [-0.05, 0) is 13.3 Å². The van der Waals surface area contributed by atoms with Crippen LogP contribution in [0.3, 0.4) is 0 Å². The second kappa shape index (κ2) is 7.61. The molecule has 0 aliphatic carbocycles. The highest BCUT2D eigenvalue weighted by molar-refractivity contribution is 6.35. The van der Waals surface area contributed by atoms with Crippen molar-refractivity contribution in [3.05, 3.63) is 0 Å². The molecular weight excluding hydrogens is 278 g/mol. The molecule has 0 radical (unpaired) electrons. The van der Waals surface area contributed by atoms with Gasteiger partial charge >= 0.3 is 17.8 Å². The Hall–Kier alpha value is -2.12. The lowest BCUT2D eigenvalue weighted by molar-refractivity contribution is -0.156. The molecule has 1 atom stereocenters. The smallest absolute Gasteiger partial charge is 0.326 e. The number of nitrogens with one attached hydrogen (secondary N) is 1. The third kappa shape index (κ3) is 4.44. The first-order chi connectivity index (χ1) is 9.90. The van der Waals surface area contributed by atoms with Crippen LogP contribution in [0.2, 0.25) is 0 Å². The summed E-state index contributed by atoms with van der Waals surface area (Å²) >= 11 is 0. The van der Waals surface area contributed by atoms with Crippen molar-refractivity contribution in [1.29, 1.82) is 0 Å². The number of aliphatic carboxylic acids is 1. The molecular formula is C13H21N3O5. The van der Waals surface area contributed by atoms with Gasteiger partial charge in [-0.25, -0.2) is 4.79 Å². The maximum atomic E-state index is 11.8. The zero-order valence-electron chi connectivity index (χ0n) is 12.3. The number of piperazine rings is 1. The van der Waals surface area contributed by atoms with Gasteiger partial charge in [0.1, 0.15) is 12.6 Å². The summed E-state index contributed by atoms with van der Waals surface area (Å²) in [5, 5.41) is 11.3. The zero-order valence-corrected chi connectivity index (χ0v) is 12.3. The van der Waals surface area contributed by atoms with Crippen molar-refractivity contribution in [1.82, 2.24) is 15.1 Å². The summed E-state index contributed by atoms with van der Waals surface area (Å²) in [6.45, 7) is 4.39. The number of rotatable bonds is 7. The van der Waals surface area contributed by atoms with E-state index in [2.05, 4.69) is 5.32 Å². The molecule has 1 aliphatic heterocycles. The molecule has 0 saturated carbocycles. The largest absolute Gasteiger partial charge is 0.480 e. The molecule has 0 spiro atoms. The molecule has 8 heteroatoms. The van der Waals surface area contributed by atoms with Gasteiger partial charge < -0.3 is 20.2 Å². The van der Waals surface area contributed by atoms with Gasteiger partial charge in [0, 0.05) is 19.6 Å². The first-order valence-electron chi connectivity index (χ1n) is 7.01. The number of carboxylic acids is 1. The average Bonchev–Trinajstić information content (AvgIpc) is 2.43. The predicted octanol–water partition coefficient (Wildman–Crippen LogP) is -0.953. The van der Waals surface area contributed by atoms with Gasteiger partial charge in [-0.3, -0.25) is 14.4 Å². The van der Waals surface area contributed by atoms with E-state index in [-0.39, 0.29) is 13.1 Å². The number of likely N-dealkylation sites (N-methyl/N-ethyl adjacent to an activating group) is 1. The molecule has 0 aromatic carbocycles. The molecule has 1 fully saturated rings. The quantitative estimate of drug-likeness (QED) is 0.589. The number of nitrogens with zero attached hydrogens (tertiary/aromatic N) is 2. The van der Waals surface area contributed by atoms with Crippen LogP contribution in [-0.2, 0) is 19.2 Å². The van der Waals surface area contributed by atoms with Crippen LogP contribution in [0.15, 0.2) is 0 Å². The summed E-state index contributed by atoms with van der Waals surface area (Å²) in [4.78, 5) is 48.8. The molecule has 2 N–H and O–H groups in total. The number of carbonyl (C=O) groups excluding carboxylic acids is 3. The molecule has 0 aromatic rings. The van der Waals surface area contributed by atoms with Crippen molar-refractivity contribution in [2.24, 2.45) is 0 Å². The van der Waals surface area contributed by atoms with Crippen molar-refractivity contribution >= 4 is 23.7 Å². The molecule has 3 amide bonds. The molecule has 1 saturated heterocycles. The third-order valence-corrected chi connectivity index (χ3v) is 3.32. The van der Waals surface area contributed by atoms with Crippen molar-refractivity contribution in [2.45, 2.75) is 32.7 Å². The van der Waals surface area contributed by atoms with Crippen LogP contribution in [0.4, 0.5) is 0 Å². The fourth-order valence-electron chi connectivity index (χ4n) is 2.13. The fourth-order valence-corrected chi connectivity index (χ4v) is 2.13. The molecule has 0 bridgehead atoms. The van der Waals surface area contributed by atoms with Crippen LogP contribution in [0.5, 0.6) is 0 Å². The van der Waals surface area contributed by atoms with E-state index < -0.39 is 29.7 Å². The summed E-state index contributed by atoms with van der Waals surface area (Å²) in [6.07, 6.45) is 0.932. The highest BCUT2D eigenvalue weighted by Gasteiger charge is 2.33. The van der Waals surface area contributed by atoms with E-state index in [1.807, 2.05) is 6.92 Å². The van der Waals surface area contributed by atoms with Crippen LogP contribution in [0.1, 0.15) is 26.7 Å². The van der Waals surface area contributed by atoms with Crippen molar-refractivity contribution < 1.29 is 24.3 Å². The Morgan fingerprint density at radius 2 is 1.76 bits per heavy atom. The molecule has 1 heterocycles. The molecule has 0 aromatic heterocycles. The fraction of sp³-hybridized carbons (Fsp3) is 0.692. The minimum atomic E-state index is -1.11. The lowest BCUT2D eigenvalue weighted by atomic mass is 10.1. The highest BCUT2D eigenvalue weighted by Crippen LogP contribution is 2.05. The Kier molecular flexibility index (Phi) is 6.13. The molecule has 21 heavy (non-hydrogen) atoms. The first-order valence-corrected chi connectivity index (χ1v) is 7.01. The van der Waals surface area contributed by atoms with Crippen LogP contribution >= 0.6 is 0 Å². The molecule has 8 nitrogen and oxygen atoms in total. The van der Waals surface area contributed by atoms with E-state index in [0.717, 1.165) is 4.90 Å². The van der Waals surface area contributed by atoms with E-state index in [0.29, 0.717) is 25.9 Å². The van der Waals surface area contributed by atoms with Gasteiger partial charge in [0.25, 0.3) is 0 Å². The summed E-state index contributed by atoms with van der Waals surface area (Å²) in [6, 6.07) is -0.967. The number of carboxylic acid groups (broad SMARTS) is 1.